The van der Waals surface area contributed by atoms with Crippen LogP contribution in [0.15, 0.2) is 29.3 Å². The molecule has 6 N–H and O–H groups in total. The Morgan fingerprint density at radius 2 is 1.88 bits per heavy atom. The van der Waals surface area contributed by atoms with E-state index in [1.54, 1.807) is 24.3 Å². The van der Waals surface area contributed by atoms with E-state index in [-0.39, 0.29) is 5.96 Å². The van der Waals surface area contributed by atoms with Gasteiger partial charge in [-0.15, -0.1) is 0 Å². The minimum Gasteiger partial charge on any atom is -0.468 e. The van der Waals surface area contributed by atoms with Gasteiger partial charge in [0.2, 0.25) is 0 Å². The summed E-state index contributed by atoms with van der Waals surface area (Å²) in [7, 11) is 1.29. The lowest BCUT2D eigenvalue weighted by molar-refractivity contribution is -0.142. The van der Waals surface area contributed by atoms with E-state index in [1.165, 1.54) is 7.11 Å². The summed E-state index contributed by atoms with van der Waals surface area (Å²) in [6.07, 6.45) is 0. The van der Waals surface area contributed by atoms with Crippen molar-refractivity contribution in [3.63, 3.8) is 0 Å². The van der Waals surface area contributed by atoms with E-state index in [0.717, 1.165) is 0 Å². The van der Waals surface area contributed by atoms with Crippen LogP contribution in [0.25, 0.3) is 0 Å². The highest BCUT2D eigenvalue weighted by Gasteiger charge is 2.15. The summed E-state index contributed by atoms with van der Waals surface area (Å²) >= 11 is 0. The van der Waals surface area contributed by atoms with E-state index in [2.05, 4.69) is 9.73 Å². The predicted octanol–water partition coefficient (Wildman–Crippen LogP) is -0.236. The number of rotatable bonds is 3. The van der Waals surface area contributed by atoms with Gasteiger partial charge in [0.1, 0.15) is 6.04 Å². The Labute approximate surface area is 93.1 Å². The van der Waals surface area contributed by atoms with Crippen molar-refractivity contribution in [1.29, 1.82) is 0 Å². The Hall–Kier alpha value is -2.08. The second kappa shape index (κ2) is 5.13. The molecule has 0 aliphatic rings. The molecule has 0 radical (unpaired) electrons. The maximum Gasteiger partial charge on any atom is 0.327 e. The van der Waals surface area contributed by atoms with E-state index in [0.29, 0.717) is 11.3 Å². The first-order chi connectivity index (χ1) is 7.54. The molecule has 0 amide bonds. The summed E-state index contributed by atoms with van der Waals surface area (Å²) in [6.45, 7) is 0. The van der Waals surface area contributed by atoms with Crippen LogP contribution in [0.1, 0.15) is 11.6 Å². The van der Waals surface area contributed by atoms with E-state index >= 15 is 0 Å². The zero-order valence-electron chi connectivity index (χ0n) is 8.88. The summed E-state index contributed by atoms with van der Waals surface area (Å²) in [5.74, 6) is -0.514. The van der Waals surface area contributed by atoms with E-state index in [1.807, 2.05) is 0 Å². The number of carbonyl (C=O) groups is 1. The number of guanidine groups is 1. The zero-order valence-corrected chi connectivity index (χ0v) is 8.88. The molecule has 0 aliphatic heterocycles. The van der Waals surface area contributed by atoms with Crippen LogP contribution in [0.4, 0.5) is 5.69 Å². The van der Waals surface area contributed by atoms with Crippen LogP contribution >= 0.6 is 0 Å². The van der Waals surface area contributed by atoms with Crippen LogP contribution in [0, 0.1) is 0 Å². The molecule has 0 saturated carbocycles. The first kappa shape index (κ1) is 12.0. The van der Waals surface area contributed by atoms with Crippen LogP contribution in [0.2, 0.25) is 0 Å². The van der Waals surface area contributed by atoms with Gasteiger partial charge in [0.25, 0.3) is 0 Å². The zero-order chi connectivity index (χ0) is 12.1. The van der Waals surface area contributed by atoms with Gasteiger partial charge in [-0.2, -0.15) is 0 Å². The third-order valence-electron chi connectivity index (χ3n) is 1.97. The summed E-state index contributed by atoms with van der Waals surface area (Å²) in [5, 5.41) is 0. The Morgan fingerprint density at radius 3 is 2.31 bits per heavy atom. The van der Waals surface area contributed by atoms with E-state index in [9.17, 15) is 4.79 Å². The van der Waals surface area contributed by atoms with Gasteiger partial charge in [0.05, 0.1) is 12.8 Å². The number of hydrogen-bond acceptors (Lipinski definition) is 4. The molecule has 6 heteroatoms. The van der Waals surface area contributed by atoms with Crippen molar-refractivity contribution < 1.29 is 9.53 Å². The number of aliphatic imine (C=N–C) groups is 1. The topological polar surface area (TPSA) is 117 Å². The Kier molecular flexibility index (Phi) is 3.84. The van der Waals surface area contributed by atoms with Gasteiger partial charge in [0.15, 0.2) is 5.96 Å². The fraction of sp³-hybridized carbons (Fsp3) is 0.200. The van der Waals surface area contributed by atoms with Crippen LogP contribution in [0.3, 0.4) is 0 Å². The molecule has 0 aromatic heterocycles. The number of nitrogens with zero attached hydrogens (tertiary/aromatic N) is 1. The maximum atomic E-state index is 11.2. The standard InChI is InChI=1S/C10H14N4O2/c1-16-9(15)8(11)6-2-4-7(5-3-6)14-10(12)13/h2-5,8H,11H2,1H3,(H4,12,13,14)/t8-/m1/s1. The van der Waals surface area contributed by atoms with Gasteiger partial charge in [-0.3, -0.25) is 4.79 Å². The van der Waals surface area contributed by atoms with Gasteiger partial charge in [-0.1, -0.05) is 12.1 Å². The number of nitrogens with two attached hydrogens (primary N) is 3. The molecule has 0 heterocycles. The molecular weight excluding hydrogens is 208 g/mol. The van der Waals surface area contributed by atoms with Crippen molar-refractivity contribution in [2.75, 3.05) is 7.11 Å². The lowest BCUT2D eigenvalue weighted by Gasteiger charge is -2.09. The highest BCUT2D eigenvalue weighted by molar-refractivity contribution is 5.79. The molecule has 0 fully saturated rings. The van der Waals surface area contributed by atoms with E-state index < -0.39 is 12.0 Å². The Bertz CT molecular complexity index is 396. The smallest absolute Gasteiger partial charge is 0.327 e. The molecule has 1 rings (SSSR count). The normalized spacial score (nSPS) is 11.6. The number of carbonyl (C=O) groups excluding carboxylic acids is 1. The van der Waals surface area contributed by atoms with Crippen molar-refractivity contribution in [2.24, 2.45) is 22.2 Å². The first-order valence-electron chi connectivity index (χ1n) is 4.57. The summed E-state index contributed by atoms with van der Waals surface area (Å²) in [5.41, 5.74) is 17.3. The fourth-order valence-corrected chi connectivity index (χ4v) is 1.17. The molecule has 16 heavy (non-hydrogen) atoms. The van der Waals surface area contributed by atoms with Crippen LogP contribution in [0.5, 0.6) is 0 Å². The van der Waals surface area contributed by atoms with Gasteiger partial charge < -0.3 is 21.9 Å². The van der Waals surface area contributed by atoms with Crippen molar-refractivity contribution >= 4 is 17.6 Å². The molecule has 0 saturated heterocycles. The molecule has 1 aromatic rings. The largest absolute Gasteiger partial charge is 0.468 e. The SMILES string of the molecule is COC(=O)[C@H](N)c1ccc(N=C(N)N)cc1. The highest BCUT2D eigenvalue weighted by Crippen LogP contribution is 2.17. The molecule has 86 valence electrons. The lowest BCUT2D eigenvalue weighted by atomic mass is 10.1. The maximum absolute atomic E-state index is 11.2. The number of hydrogen-bond donors (Lipinski definition) is 3. The molecule has 6 nitrogen and oxygen atoms in total. The Balaban J connectivity index is 2.86. The monoisotopic (exact) mass is 222 g/mol. The third kappa shape index (κ3) is 2.96. The summed E-state index contributed by atoms with van der Waals surface area (Å²) in [6, 6.07) is 5.88. The summed E-state index contributed by atoms with van der Waals surface area (Å²) in [4.78, 5) is 15.0. The molecule has 0 aliphatic carbocycles. The average Bonchev–Trinajstić information content (AvgIpc) is 2.27. The van der Waals surface area contributed by atoms with Crippen molar-refractivity contribution in [2.45, 2.75) is 6.04 Å². The fourth-order valence-electron chi connectivity index (χ4n) is 1.17. The van der Waals surface area contributed by atoms with Gasteiger partial charge in [-0.05, 0) is 17.7 Å². The van der Waals surface area contributed by atoms with Gasteiger partial charge in [0, 0.05) is 0 Å². The minimum absolute atomic E-state index is 0.0231. The molecular formula is C10H14N4O2. The van der Waals surface area contributed by atoms with Gasteiger partial charge >= 0.3 is 5.97 Å². The van der Waals surface area contributed by atoms with Crippen molar-refractivity contribution in [3.05, 3.63) is 29.8 Å². The number of ether oxygens (including phenoxy) is 1. The molecule has 1 atom stereocenters. The number of esters is 1. The molecule has 0 bridgehead atoms. The molecule has 1 aromatic carbocycles. The van der Waals surface area contributed by atoms with E-state index in [4.69, 9.17) is 17.2 Å². The number of benzene rings is 1. The predicted molar refractivity (Wildman–Crippen MR) is 60.9 cm³/mol. The van der Waals surface area contributed by atoms with Gasteiger partial charge in [-0.25, -0.2) is 4.99 Å². The quantitative estimate of drug-likeness (QED) is 0.371. The van der Waals surface area contributed by atoms with Crippen LogP contribution in [-0.4, -0.2) is 19.0 Å². The average molecular weight is 222 g/mol. The second-order valence-electron chi connectivity index (χ2n) is 3.13. The van der Waals surface area contributed by atoms with Crippen LogP contribution < -0.4 is 17.2 Å². The summed E-state index contributed by atoms with van der Waals surface area (Å²) < 4.78 is 4.53. The molecule has 0 spiro atoms. The highest BCUT2D eigenvalue weighted by atomic mass is 16.5. The third-order valence-corrected chi connectivity index (χ3v) is 1.97. The van der Waals surface area contributed by atoms with Crippen molar-refractivity contribution in [3.8, 4) is 0 Å². The van der Waals surface area contributed by atoms with Crippen molar-refractivity contribution in [1.82, 2.24) is 0 Å². The first-order valence-corrected chi connectivity index (χ1v) is 4.57. The van der Waals surface area contributed by atoms with Crippen LogP contribution in [-0.2, 0) is 9.53 Å². The molecule has 0 unspecified atom stereocenters. The number of methoxy groups -OCH3 is 1. The Morgan fingerprint density at radius 1 is 1.31 bits per heavy atom. The lowest BCUT2D eigenvalue weighted by Crippen LogP contribution is -2.22. The second-order valence-corrected chi connectivity index (χ2v) is 3.13. The minimum atomic E-state index is -0.793.